The van der Waals surface area contributed by atoms with Crippen molar-refractivity contribution in [3.63, 3.8) is 0 Å². The van der Waals surface area contributed by atoms with Gasteiger partial charge in [-0.05, 0) is 56.2 Å². The fourth-order valence-corrected chi connectivity index (χ4v) is 5.79. The molecule has 37 heavy (non-hydrogen) atoms. The second kappa shape index (κ2) is 9.28. The van der Waals surface area contributed by atoms with Crippen molar-refractivity contribution in [2.24, 2.45) is 0 Å². The molecule has 9 nitrogen and oxygen atoms in total. The molecule has 1 atom stereocenters. The number of nitrogens with one attached hydrogen (secondary N) is 1. The molecule has 188 valence electrons. The van der Waals surface area contributed by atoms with E-state index in [2.05, 4.69) is 21.4 Å². The molecule has 1 aliphatic heterocycles. The molecular weight excluding hydrogens is 490 g/mol. The van der Waals surface area contributed by atoms with E-state index in [9.17, 15) is 13.2 Å². The molecule has 4 aromatic rings. The van der Waals surface area contributed by atoms with Crippen molar-refractivity contribution in [3.8, 4) is 11.4 Å². The maximum Gasteiger partial charge on any atom is 0.253 e. The molecule has 0 aromatic carbocycles. The van der Waals surface area contributed by atoms with Gasteiger partial charge < -0.3 is 10.1 Å². The normalized spacial score (nSPS) is 18.7. The first-order valence-electron chi connectivity index (χ1n) is 12.2. The third-order valence-electron chi connectivity index (χ3n) is 6.71. The first kappa shape index (κ1) is 23.6. The minimum absolute atomic E-state index is 0.0464. The van der Waals surface area contributed by atoms with E-state index in [4.69, 9.17) is 14.7 Å². The molecule has 0 spiro atoms. The fourth-order valence-electron chi connectivity index (χ4n) is 4.35. The standard InChI is InChI=1S/C27H25N5O4S/c1-16-14-36-15-25-26(37(16,34)35)9-19(12-29-25)27(33)30-13-20-10-24-18(11-28-20)7-8-23(32-24)22-4-2-3-21(31-22)17-5-6-17/h2-4,7-12,16-17H,5-6,13-15H2,1H3,(H,30,33)/t16-/m0/s1. The first-order valence-corrected chi connectivity index (χ1v) is 13.7. The Kier molecular flexibility index (Phi) is 5.92. The van der Waals surface area contributed by atoms with Crippen LogP contribution < -0.4 is 5.32 Å². The van der Waals surface area contributed by atoms with Crippen LogP contribution in [0.5, 0.6) is 0 Å². The summed E-state index contributed by atoms with van der Waals surface area (Å²) in [5.41, 5.74) is 4.59. The van der Waals surface area contributed by atoms with Gasteiger partial charge in [-0.2, -0.15) is 0 Å². The van der Waals surface area contributed by atoms with Crippen molar-refractivity contribution in [1.29, 1.82) is 0 Å². The van der Waals surface area contributed by atoms with E-state index >= 15 is 0 Å². The Morgan fingerprint density at radius 2 is 1.89 bits per heavy atom. The highest BCUT2D eigenvalue weighted by molar-refractivity contribution is 7.92. The number of sulfone groups is 1. The number of pyridine rings is 4. The molecule has 1 amide bonds. The van der Waals surface area contributed by atoms with Crippen LogP contribution in [0.15, 0.2) is 59.8 Å². The largest absolute Gasteiger partial charge is 0.374 e. The van der Waals surface area contributed by atoms with E-state index < -0.39 is 21.0 Å². The number of ether oxygens (including phenoxy) is 1. The van der Waals surface area contributed by atoms with Gasteiger partial charge in [-0.25, -0.2) is 13.4 Å². The second-order valence-electron chi connectivity index (χ2n) is 9.51. The van der Waals surface area contributed by atoms with Gasteiger partial charge >= 0.3 is 0 Å². The number of nitrogens with zero attached hydrogens (tertiary/aromatic N) is 4. The van der Waals surface area contributed by atoms with E-state index in [0.717, 1.165) is 28.0 Å². The van der Waals surface area contributed by atoms with Gasteiger partial charge in [0.15, 0.2) is 9.84 Å². The lowest BCUT2D eigenvalue weighted by molar-refractivity contribution is 0.0949. The third-order valence-corrected chi connectivity index (χ3v) is 8.87. The predicted octanol–water partition coefficient (Wildman–Crippen LogP) is 3.59. The molecular formula is C27H25N5O4S. The maximum absolute atomic E-state index is 12.8. The second-order valence-corrected chi connectivity index (χ2v) is 11.8. The van der Waals surface area contributed by atoms with Crippen LogP contribution in [0.2, 0.25) is 0 Å². The van der Waals surface area contributed by atoms with Crippen LogP contribution in [0.4, 0.5) is 0 Å². The first-order chi connectivity index (χ1) is 17.9. The molecule has 0 saturated heterocycles. The van der Waals surface area contributed by atoms with E-state index in [1.54, 1.807) is 13.1 Å². The average molecular weight is 516 g/mol. The van der Waals surface area contributed by atoms with Crippen LogP contribution in [0.25, 0.3) is 22.3 Å². The number of carbonyl (C=O) groups excluding carboxylic acids is 1. The lowest BCUT2D eigenvalue weighted by atomic mass is 10.1. The van der Waals surface area contributed by atoms with Gasteiger partial charge in [0.25, 0.3) is 5.91 Å². The maximum atomic E-state index is 12.8. The number of aromatic nitrogens is 4. The van der Waals surface area contributed by atoms with Crippen LogP contribution in [-0.4, -0.2) is 46.1 Å². The summed E-state index contributed by atoms with van der Waals surface area (Å²) >= 11 is 0. The van der Waals surface area contributed by atoms with Crippen LogP contribution in [-0.2, 0) is 27.7 Å². The van der Waals surface area contributed by atoms with E-state index in [1.807, 2.05) is 30.3 Å². The highest BCUT2D eigenvalue weighted by Gasteiger charge is 2.31. The molecule has 0 radical (unpaired) electrons. The monoisotopic (exact) mass is 515 g/mol. The van der Waals surface area contributed by atoms with Gasteiger partial charge in [-0.3, -0.25) is 19.7 Å². The number of hydrogen-bond donors (Lipinski definition) is 1. The lowest BCUT2D eigenvalue weighted by Gasteiger charge is -2.11. The Morgan fingerprint density at radius 3 is 2.73 bits per heavy atom. The van der Waals surface area contributed by atoms with E-state index in [1.165, 1.54) is 25.1 Å². The Labute approximate surface area is 214 Å². The van der Waals surface area contributed by atoms with Crippen LogP contribution in [0.1, 0.15) is 53.1 Å². The number of amides is 1. The summed E-state index contributed by atoms with van der Waals surface area (Å²) in [5, 5.41) is 2.98. The van der Waals surface area contributed by atoms with Crippen molar-refractivity contribution >= 4 is 26.6 Å². The Morgan fingerprint density at radius 1 is 1.05 bits per heavy atom. The average Bonchev–Trinajstić information content (AvgIpc) is 3.77. The number of hydrogen-bond acceptors (Lipinski definition) is 8. The quantitative estimate of drug-likeness (QED) is 0.428. The molecule has 1 N–H and O–H groups in total. The Balaban J connectivity index is 1.21. The molecule has 4 aromatic heterocycles. The summed E-state index contributed by atoms with van der Waals surface area (Å²) in [6, 6.07) is 13.2. The molecule has 2 aliphatic rings. The van der Waals surface area contributed by atoms with E-state index in [0.29, 0.717) is 17.3 Å². The predicted molar refractivity (Wildman–Crippen MR) is 136 cm³/mol. The zero-order valence-corrected chi connectivity index (χ0v) is 21.0. The molecule has 0 bridgehead atoms. The molecule has 0 unspecified atom stereocenters. The molecule has 1 aliphatic carbocycles. The van der Waals surface area contributed by atoms with Gasteiger partial charge in [-0.1, -0.05) is 6.07 Å². The third kappa shape index (κ3) is 4.70. The van der Waals surface area contributed by atoms with E-state index in [-0.39, 0.29) is 30.2 Å². The number of rotatable bonds is 5. The number of fused-ring (bicyclic) bond motifs is 2. The summed E-state index contributed by atoms with van der Waals surface area (Å²) in [7, 11) is -3.63. The van der Waals surface area contributed by atoms with Gasteiger partial charge in [0, 0.05) is 29.4 Å². The Bertz CT molecular complexity index is 1640. The van der Waals surface area contributed by atoms with Crippen LogP contribution >= 0.6 is 0 Å². The highest BCUT2D eigenvalue weighted by atomic mass is 32.2. The summed E-state index contributed by atoms with van der Waals surface area (Å²) in [6.45, 7) is 1.92. The molecule has 5 heterocycles. The van der Waals surface area contributed by atoms with Gasteiger partial charge in [0.1, 0.15) is 0 Å². The molecule has 10 heteroatoms. The van der Waals surface area contributed by atoms with Crippen LogP contribution in [0.3, 0.4) is 0 Å². The van der Waals surface area contributed by atoms with Crippen molar-refractivity contribution in [2.75, 3.05) is 6.61 Å². The highest BCUT2D eigenvalue weighted by Crippen LogP contribution is 2.39. The zero-order valence-electron chi connectivity index (χ0n) is 20.2. The lowest BCUT2D eigenvalue weighted by Crippen LogP contribution is -2.25. The van der Waals surface area contributed by atoms with Crippen molar-refractivity contribution in [2.45, 2.75) is 49.0 Å². The van der Waals surface area contributed by atoms with Gasteiger partial charge in [-0.15, -0.1) is 0 Å². The smallest absolute Gasteiger partial charge is 0.253 e. The summed E-state index contributed by atoms with van der Waals surface area (Å²) in [6.07, 6.45) is 5.47. The molecule has 1 fully saturated rings. The van der Waals surface area contributed by atoms with Crippen molar-refractivity contribution in [1.82, 2.24) is 25.3 Å². The summed E-state index contributed by atoms with van der Waals surface area (Å²) in [5.74, 6) is 0.124. The van der Waals surface area contributed by atoms with Gasteiger partial charge in [0.05, 0.1) is 63.8 Å². The fraction of sp³-hybridized carbons (Fsp3) is 0.296. The number of carbonyl (C=O) groups is 1. The summed E-state index contributed by atoms with van der Waals surface area (Å²) in [4.78, 5) is 31.1. The van der Waals surface area contributed by atoms with Gasteiger partial charge in [0.2, 0.25) is 0 Å². The van der Waals surface area contributed by atoms with Crippen molar-refractivity contribution in [3.05, 3.63) is 77.5 Å². The SMILES string of the molecule is C[C@H]1COCc2ncc(C(=O)NCc3cc4nc(-c5cccc(C6CC6)n5)ccc4cn3)cc2S1(=O)=O. The molecule has 6 rings (SSSR count). The van der Waals surface area contributed by atoms with Crippen molar-refractivity contribution < 1.29 is 17.9 Å². The molecule has 1 saturated carbocycles. The minimum atomic E-state index is -3.63. The minimum Gasteiger partial charge on any atom is -0.374 e. The summed E-state index contributed by atoms with van der Waals surface area (Å²) < 4.78 is 31.0. The topological polar surface area (TPSA) is 124 Å². The van der Waals surface area contributed by atoms with Crippen LogP contribution in [0, 0.1) is 0 Å². The zero-order chi connectivity index (χ0) is 25.6. The Hall–Kier alpha value is -3.76.